The minimum Gasteiger partial charge on any atom is -0.341 e. The number of nitrogens with zero attached hydrogens (tertiary/aromatic N) is 3. The highest BCUT2D eigenvalue weighted by molar-refractivity contribution is 7.91. The lowest BCUT2D eigenvalue weighted by Gasteiger charge is -2.29. The van der Waals surface area contributed by atoms with Gasteiger partial charge in [0.25, 0.3) is 5.69 Å². The monoisotopic (exact) mass is 369 g/mol. The average molecular weight is 369 g/mol. The minimum atomic E-state index is -3.05. The number of non-ortho nitro benzene ring substituents is 1. The van der Waals surface area contributed by atoms with E-state index in [0.717, 1.165) is 5.56 Å². The molecule has 1 saturated heterocycles. The molecule has 1 aliphatic rings. The number of benzene rings is 1. The maximum atomic E-state index is 12.4. The first-order chi connectivity index (χ1) is 11.6. The van der Waals surface area contributed by atoms with Crippen molar-refractivity contribution in [2.24, 2.45) is 0 Å². The Morgan fingerprint density at radius 2 is 2.08 bits per heavy atom. The first-order valence-corrected chi connectivity index (χ1v) is 9.83. The largest absolute Gasteiger partial charge is 0.341 e. The van der Waals surface area contributed by atoms with Crippen LogP contribution in [0.25, 0.3) is 0 Å². The van der Waals surface area contributed by atoms with Crippen LogP contribution in [-0.4, -0.2) is 67.2 Å². The Morgan fingerprint density at radius 1 is 1.40 bits per heavy atom. The summed E-state index contributed by atoms with van der Waals surface area (Å²) in [7, 11) is 0.343. The summed E-state index contributed by atoms with van der Waals surface area (Å²) in [4.78, 5) is 26.2. The van der Waals surface area contributed by atoms with E-state index in [1.165, 1.54) is 17.0 Å². The van der Waals surface area contributed by atoms with E-state index in [2.05, 4.69) is 0 Å². The van der Waals surface area contributed by atoms with Gasteiger partial charge in [0, 0.05) is 31.3 Å². The van der Waals surface area contributed by atoms with Crippen molar-refractivity contribution in [3.8, 4) is 0 Å². The molecule has 0 unspecified atom stereocenters. The summed E-state index contributed by atoms with van der Waals surface area (Å²) in [6, 6.07) is 5.86. The van der Waals surface area contributed by atoms with Crippen LogP contribution in [-0.2, 0) is 14.6 Å². The summed E-state index contributed by atoms with van der Waals surface area (Å²) in [6.07, 6.45) is 0.467. The Hall–Kier alpha value is -2.00. The van der Waals surface area contributed by atoms with Gasteiger partial charge in [0.2, 0.25) is 5.91 Å². The third-order valence-corrected chi connectivity index (χ3v) is 6.51. The number of likely N-dealkylation sites (N-methyl/N-ethyl adjacent to an activating group) is 2. The summed E-state index contributed by atoms with van der Waals surface area (Å²) in [5.74, 6) is -0.0314. The number of hydrogen-bond acceptors (Lipinski definition) is 6. The lowest BCUT2D eigenvalue weighted by atomic mass is 10.1. The fourth-order valence-corrected chi connectivity index (χ4v) is 4.67. The van der Waals surface area contributed by atoms with E-state index < -0.39 is 14.8 Å². The summed E-state index contributed by atoms with van der Waals surface area (Å²) < 4.78 is 23.1. The van der Waals surface area contributed by atoms with Gasteiger partial charge in [0.05, 0.1) is 23.0 Å². The van der Waals surface area contributed by atoms with Gasteiger partial charge in [-0.2, -0.15) is 0 Å². The number of amides is 1. The number of hydrogen-bond donors (Lipinski definition) is 0. The van der Waals surface area contributed by atoms with Crippen molar-refractivity contribution in [2.75, 3.05) is 32.1 Å². The number of nitro groups is 1. The van der Waals surface area contributed by atoms with Crippen LogP contribution in [0.15, 0.2) is 24.3 Å². The number of nitro benzene ring substituents is 1. The molecule has 0 radical (unpaired) electrons. The first-order valence-electron chi connectivity index (χ1n) is 8.01. The molecule has 1 aromatic carbocycles. The molecule has 1 aromatic rings. The molecule has 0 N–H and O–H groups in total. The Morgan fingerprint density at radius 3 is 2.64 bits per heavy atom. The molecule has 25 heavy (non-hydrogen) atoms. The predicted octanol–water partition coefficient (Wildman–Crippen LogP) is 1.23. The van der Waals surface area contributed by atoms with E-state index in [-0.39, 0.29) is 41.7 Å². The van der Waals surface area contributed by atoms with Crippen molar-refractivity contribution in [1.82, 2.24) is 9.80 Å². The fourth-order valence-electron chi connectivity index (χ4n) is 2.90. The zero-order valence-corrected chi connectivity index (χ0v) is 15.4. The SMILES string of the molecule is C[C@@H](c1cccc([N+](=O)[O-])c1)N(C)CC(=O)N(C)[C@H]1CCS(=O)(=O)C1. The smallest absolute Gasteiger partial charge is 0.269 e. The van der Waals surface area contributed by atoms with E-state index in [4.69, 9.17) is 0 Å². The summed E-state index contributed by atoms with van der Waals surface area (Å²) in [5, 5.41) is 10.9. The quantitative estimate of drug-likeness (QED) is 0.552. The van der Waals surface area contributed by atoms with Crippen LogP contribution < -0.4 is 0 Å². The van der Waals surface area contributed by atoms with Crippen LogP contribution in [0.3, 0.4) is 0 Å². The van der Waals surface area contributed by atoms with E-state index >= 15 is 0 Å². The second-order valence-electron chi connectivity index (χ2n) is 6.50. The third-order valence-electron chi connectivity index (χ3n) is 4.76. The van der Waals surface area contributed by atoms with Crippen molar-refractivity contribution in [1.29, 1.82) is 0 Å². The molecule has 138 valence electrons. The van der Waals surface area contributed by atoms with Crippen molar-refractivity contribution in [3.63, 3.8) is 0 Å². The van der Waals surface area contributed by atoms with Gasteiger partial charge in [-0.25, -0.2) is 8.42 Å². The van der Waals surface area contributed by atoms with Crippen LogP contribution >= 0.6 is 0 Å². The molecule has 0 spiro atoms. The highest BCUT2D eigenvalue weighted by Crippen LogP contribution is 2.23. The van der Waals surface area contributed by atoms with Gasteiger partial charge in [-0.15, -0.1) is 0 Å². The van der Waals surface area contributed by atoms with E-state index in [9.17, 15) is 23.3 Å². The summed E-state index contributed by atoms with van der Waals surface area (Å²) >= 11 is 0. The Balaban J connectivity index is 2.00. The van der Waals surface area contributed by atoms with E-state index in [1.807, 2.05) is 6.92 Å². The first kappa shape index (κ1) is 19.3. The molecule has 1 fully saturated rings. The summed E-state index contributed by atoms with van der Waals surface area (Å²) in [5.41, 5.74) is 0.757. The van der Waals surface area contributed by atoms with Crippen molar-refractivity contribution >= 4 is 21.4 Å². The molecule has 0 saturated carbocycles. The zero-order chi connectivity index (χ0) is 18.8. The minimum absolute atomic E-state index is 0.0114. The lowest BCUT2D eigenvalue weighted by molar-refractivity contribution is -0.384. The van der Waals surface area contributed by atoms with E-state index in [0.29, 0.717) is 6.42 Å². The Labute approximate surface area is 147 Å². The second kappa shape index (κ2) is 7.49. The van der Waals surface area contributed by atoms with E-state index in [1.54, 1.807) is 31.1 Å². The highest BCUT2D eigenvalue weighted by Gasteiger charge is 2.33. The predicted molar refractivity (Wildman–Crippen MR) is 94.0 cm³/mol. The molecule has 0 bridgehead atoms. The zero-order valence-electron chi connectivity index (χ0n) is 14.6. The molecule has 9 heteroatoms. The number of carbonyl (C=O) groups is 1. The average Bonchev–Trinajstić information content (AvgIpc) is 2.93. The Bertz CT molecular complexity index is 765. The standard InChI is InChI=1S/C16H23N3O5S/c1-12(13-5-4-6-14(9-13)19(21)22)17(2)10-16(20)18(3)15-7-8-25(23,24)11-15/h4-6,9,12,15H,7-8,10-11H2,1-3H3/t12-,15-/m0/s1. The third kappa shape index (κ3) is 4.76. The van der Waals surface area contributed by atoms with Crippen LogP contribution in [0.2, 0.25) is 0 Å². The Kier molecular flexibility index (Phi) is 5.79. The van der Waals surface area contributed by atoms with Crippen LogP contribution in [0.1, 0.15) is 24.9 Å². The van der Waals surface area contributed by atoms with Crippen molar-refractivity contribution in [3.05, 3.63) is 39.9 Å². The van der Waals surface area contributed by atoms with Crippen LogP contribution in [0.5, 0.6) is 0 Å². The van der Waals surface area contributed by atoms with Crippen molar-refractivity contribution in [2.45, 2.75) is 25.4 Å². The van der Waals surface area contributed by atoms with Crippen molar-refractivity contribution < 1.29 is 18.1 Å². The number of sulfone groups is 1. The van der Waals surface area contributed by atoms with Crippen LogP contribution in [0.4, 0.5) is 5.69 Å². The maximum Gasteiger partial charge on any atom is 0.269 e. The molecule has 2 atom stereocenters. The summed E-state index contributed by atoms with van der Waals surface area (Å²) in [6.45, 7) is 1.98. The van der Waals surface area contributed by atoms with Gasteiger partial charge in [-0.05, 0) is 26.0 Å². The van der Waals surface area contributed by atoms with Gasteiger partial charge in [-0.3, -0.25) is 19.8 Å². The van der Waals surface area contributed by atoms with Gasteiger partial charge < -0.3 is 4.90 Å². The lowest BCUT2D eigenvalue weighted by Crippen LogP contribution is -2.43. The van der Waals surface area contributed by atoms with Crippen LogP contribution in [0, 0.1) is 10.1 Å². The van der Waals surface area contributed by atoms with Gasteiger partial charge in [-0.1, -0.05) is 12.1 Å². The normalized spacial score (nSPS) is 20.4. The molecular formula is C16H23N3O5S. The fraction of sp³-hybridized carbons (Fsp3) is 0.562. The number of carbonyl (C=O) groups excluding carboxylic acids is 1. The molecule has 8 nitrogen and oxygen atoms in total. The second-order valence-corrected chi connectivity index (χ2v) is 8.73. The molecule has 2 rings (SSSR count). The molecule has 1 amide bonds. The topological polar surface area (TPSA) is 101 Å². The number of rotatable bonds is 6. The molecular weight excluding hydrogens is 346 g/mol. The van der Waals surface area contributed by atoms with Gasteiger partial charge >= 0.3 is 0 Å². The molecule has 0 aliphatic carbocycles. The molecule has 1 aliphatic heterocycles. The van der Waals surface area contributed by atoms with Gasteiger partial charge in [0.1, 0.15) is 0 Å². The van der Waals surface area contributed by atoms with Gasteiger partial charge in [0.15, 0.2) is 9.84 Å². The maximum absolute atomic E-state index is 12.4. The molecule has 1 heterocycles. The highest BCUT2D eigenvalue weighted by atomic mass is 32.2. The molecule has 0 aromatic heterocycles.